The molecule has 2 rings (SSSR count). The topological polar surface area (TPSA) is 22.1 Å². The molecule has 1 aromatic carbocycles. The summed E-state index contributed by atoms with van der Waals surface area (Å²) in [6.45, 7) is 0. The van der Waals surface area contributed by atoms with Gasteiger partial charge in [0.1, 0.15) is 0 Å². The average Bonchev–Trinajstić information content (AvgIpc) is 2.19. The highest BCUT2D eigenvalue weighted by molar-refractivity contribution is 7.94. The predicted octanol–water partition coefficient (Wildman–Crippen LogP) is 2.89. The Morgan fingerprint density at radius 1 is 1.23 bits per heavy atom. The molecule has 0 spiro atoms. The van der Waals surface area contributed by atoms with Gasteiger partial charge in [0.05, 0.1) is 17.5 Å². The number of hydrogen-bond donors (Lipinski definition) is 0. The normalized spacial score (nSPS) is 10.5. The number of fused-ring (bicyclic) bond motifs is 1. The summed E-state index contributed by atoms with van der Waals surface area (Å²) >= 11 is 1.34. The van der Waals surface area contributed by atoms with Crippen molar-refractivity contribution in [2.75, 3.05) is 7.11 Å². The molecule has 0 N–H and O–H groups in total. The van der Waals surface area contributed by atoms with E-state index >= 15 is 0 Å². The Bertz CT molecular complexity index is 411. The van der Waals surface area contributed by atoms with Gasteiger partial charge in [0.2, 0.25) is 0 Å². The summed E-state index contributed by atoms with van der Waals surface area (Å²) in [4.78, 5) is 5.36. The number of aromatic nitrogens is 1. The van der Waals surface area contributed by atoms with Crippen LogP contribution in [0.4, 0.5) is 0 Å². The van der Waals surface area contributed by atoms with Crippen molar-refractivity contribution in [3.8, 4) is 0 Å². The zero-order valence-electron chi connectivity index (χ0n) is 7.23. The molecular formula is C10H9NOS. The first kappa shape index (κ1) is 8.53. The molecule has 2 nitrogen and oxygen atoms in total. The lowest BCUT2D eigenvalue weighted by atomic mass is 10.2. The predicted molar refractivity (Wildman–Crippen MR) is 54.6 cm³/mol. The summed E-state index contributed by atoms with van der Waals surface area (Å²) in [5.74, 6) is 0. The van der Waals surface area contributed by atoms with Crippen LogP contribution in [0, 0.1) is 0 Å². The van der Waals surface area contributed by atoms with Crippen LogP contribution in [-0.2, 0) is 4.18 Å². The second-order valence-corrected chi connectivity index (χ2v) is 3.52. The Balaban J connectivity index is 2.61. The molecule has 0 aliphatic heterocycles. The molecule has 0 saturated carbocycles. The first-order valence-corrected chi connectivity index (χ1v) is 4.70. The van der Waals surface area contributed by atoms with Gasteiger partial charge in [0.15, 0.2) is 0 Å². The van der Waals surface area contributed by atoms with Crippen LogP contribution in [0.2, 0.25) is 0 Å². The van der Waals surface area contributed by atoms with Crippen molar-refractivity contribution >= 4 is 22.9 Å². The van der Waals surface area contributed by atoms with Crippen molar-refractivity contribution in [3.05, 3.63) is 36.5 Å². The van der Waals surface area contributed by atoms with Crippen LogP contribution in [0.3, 0.4) is 0 Å². The Morgan fingerprint density at radius 2 is 2.08 bits per heavy atom. The zero-order chi connectivity index (χ0) is 9.10. The highest BCUT2D eigenvalue weighted by atomic mass is 32.2. The molecule has 2 aromatic rings. The summed E-state index contributed by atoms with van der Waals surface area (Å²) in [5.41, 5.74) is 0.997. The molecule has 13 heavy (non-hydrogen) atoms. The van der Waals surface area contributed by atoms with Gasteiger partial charge in [0, 0.05) is 23.6 Å². The average molecular weight is 191 g/mol. The summed E-state index contributed by atoms with van der Waals surface area (Å²) in [5, 5.41) is 1.14. The van der Waals surface area contributed by atoms with E-state index in [1.54, 1.807) is 13.3 Å². The van der Waals surface area contributed by atoms with Gasteiger partial charge < -0.3 is 4.18 Å². The van der Waals surface area contributed by atoms with Crippen LogP contribution in [0.15, 0.2) is 41.4 Å². The van der Waals surface area contributed by atoms with Gasteiger partial charge in [-0.1, -0.05) is 18.2 Å². The van der Waals surface area contributed by atoms with Crippen LogP contribution in [0.25, 0.3) is 10.9 Å². The Hall–Kier alpha value is -1.06. The van der Waals surface area contributed by atoms with Gasteiger partial charge in [-0.15, -0.1) is 0 Å². The lowest BCUT2D eigenvalue weighted by Gasteiger charge is -2.01. The maximum atomic E-state index is 5.01. The third kappa shape index (κ3) is 1.66. The van der Waals surface area contributed by atoms with Crippen molar-refractivity contribution in [2.45, 2.75) is 4.90 Å². The zero-order valence-corrected chi connectivity index (χ0v) is 8.04. The van der Waals surface area contributed by atoms with Gasteiger partial charge in [0.25, 0.3) is 0 Å². The van der Waals surface area contributed by atoms with Crippen molar-refractivity contribution < 1.29 is 4.18 Å². The molecule has 66 valence electrons. The summed E-state index contributed by atoms with van der Waals surface area (Å²) < 4.78 is 5.01. The molecular weight excluding hydrogens is 182 g/mol. The Labute approximate surface area is 81.1 Å². The van der Waals surface area contributed by atoms with Gasteiger partial charge in [-0.25, -0.2) is 0 Å². The van der Waals surface area contributed by atoms with Crippen molar-refractivity contribution in [1.29, 1.82) is 0 Å². The van der Waals surface area contributed by atoms with Crippen molar-refractivity contribution in [3.63, 3.8) is 0 Å². The number of hydrogen-bond acceptors (Lipinski definition) is 3. The Morgan fingerprint density at radius 3 is 2.92 bits per heavy atom. The monoisotopic (exact) mass is 191 g/mol. The molecule has 0 atom stereocenters. The summed E-state index contributed by atoms with van der Waals surface area (Å²) in [6, 6.07) is 10.0. The minimum Gasteiger partial charge on any atom is -0.314 e. The number of para-hydroxylation sites is 1. The fourth-order valence-electron chi connectivity index (χ4n) is 1.23. The largest absolute Gasteiger partial charge is 0.314 e. The lowest BCUT2D eigenvalue weighted by molar-refractivity contribution is 0.490. The quantitative estimate of drug-likeness (QED) is 0.681. The summed E-state index contributed by atoms with van der Waals surface area (Å²) in [7, 11) is 1.66. The maximum Gasteiger partial charge on any atom is 0.0860 e. The van der Waals surface area contributed by atoms with E-state index in [-0.39, 0.29) is 0 Å². The lowest BCUT2D eigenvalue weighted by Crippen LogP contribution is -1.81. The SMILES string of the molecule is COSc1cccc2cccnc12. The van der Waals surface area contributed by atoms with E-state index in [1.165, 1.54) is 12.0 Å². The molecule has 0 aliphatic carbocycles. The van der Waals surface area contributed by atoms with E-state index in [9.17, 15) is 0 Å². The van der Waals surface area contributed by atoms with E-state index in [0.29, 0.717) is 0 Å². The van der Waals surface area contributed by atoms with Gasteiger partial charge in [-0.2, -0.15) is 0 Å². The number of rotatable bonds is 2. The second-order valence-electron chi connectivity index (χ2n) is 2.58. The standard InChI is InChI=1S/C10H9NOS/c1-12-13-9-6-2-4-8-5-3-7-11-10(8)9/h2-7H,1H3. The van der Waals surface area contributed by atoms with Crippen LogP contribution in [0.5, 0.6) is 0 Å². The Kier molecular flexibility index (Phi) is 2.47. The van der Waals surface area contributed by atoms with Crippen LogP contribution < -0.4 is 0 Å². The maximum absolute atomic E-state index is 5.01. The number of nitrogens with zero attached hydrogens (tertiary/aromatic N) is 1. The minimum atomic E-state index is 0.997. The molecule has 1 heterocycles. The number of benzene rings is 1. The van der Waals surface area contributed by atoms with E-state index in [2.05, 4.69) is 4.98 Å². The van der Waals surface area contributed by atoms with E-state index in [0.717, 1.165) is 15.8 Å². The number of pyridine rings is 1. The van der Waals surface area contributed by atoms with Crippen molar-refractivity contribution in [1.82, 2.24) is 4.98 Å². The van der Waals surface area contributed by atoms with E-state index in [1.807, 2.05) is 30.3 Å². The molecule has 0 amide bonds. The van der Waals surface area contributed by atoms with Gasteiger partial charge in [-0.3, -0.25) is 4.98 Å². The second kappa shape index (κ2) is 3.77. The van der Waals surface area contributed by atoms with E-state index in [4.69, 9.17) is 4.18 Å². The third-order valence-corrected chi connectivity index (χ3v) is 2.44. The first-order valence-electron chi connectivity index (χ1n) is 3.96. The van der Waals surface area contributed by atoms with Crippen LogP contribution in [0.1, 0.15) is 0 Å². The van der Waals surface area contributed by atoms with Crippen LogP contribution in [-0.4, -0.2) is 12.1 Å². The molecule has 0 unspecified atom stereocenters. The minimum absolute atomic E-state index is 0.997. The highest BCUT2D eigenvalue weighted by Gasteiger charge is 2.00. The fraction of sp³-hybridized carbons (Fsp3) is 0.100. The molecule has 3 heteroatoms. The molecule has 1 aromatic heterocycles. The first-order chi connectivity index (χ1) is 6.42. The van der Waals surface area contributed by atoms with Crippen molar-refractivity contribution in [2.24, 2.45) is 0 Å². The van der Waals surface area contributed by atoms with Gasteiger partial charge >= 0.3 is 0 Å². The molecule has 0 aliphatic rings. The fourth-order valence-corrected chi connectivity index (χ4v) is 1.80. The van der Waals surface area contributed by atoms with E-state index < -0.39 is 0 Å². The highest BCUT2D eigenvalue weighted by Crippen LogP contribution is 2.25. The third-order valence-electron chi connectivity index (χ3n) is 1.77. The smallest absolute Gasteiger partial charge is 0.0860 e. The molecule has 0 radical (unpaired) electrons. The van der Waals surface area contributed by atoms with Gasteiger partial charge in [-0.05, 0) is 12.1 Å². The molecule has 0 bridgehead atoms. The summed E-state index contributed by atoms with van der Waals surface area (Å²) in [6.07, 6.45) is 1.79. The van der Waals surface area contributed by atoms with Crippen LogP contribution >= 0.6 is 12.0 Å². The molecule has 0 fully saturated rings. The molecule has 0 saturated heterocycles.